The van der Waals surface area contributed by atoms with Crippen molar-refractivity contribution >= 4 is 33.4 Å². The highest BCUT2D eigenvalue weighted by atomic mass is 16.5. The first kappa shape index (κ1) is 19.5. The topological polar surface area (TPSA) is 73.2 Å². The summed E-state index contributed by atoms with van der Waals surface area (Å²) in [6.07, 6.45) is 1.61. The minimum Gasteiger partial charge on any atom is -0.437 e. The van der Waals surface area contributed by atoms with E-state index < -0.39 is 0 Å². The molecule has 32 heavy (non-hydrogen) atoms. The standard InChI is InChI=1S/C26H19N3O3/c30-24(28-21-13-8-16-27-26(21)32-18-9-2-1-3-10-18)17-29-22-14-6-4-11-19(22)25(31)20-12-5-7-15-23(20)29/h1-16H,17H2,(H,28,30). The van der Waals surface area contributed by atoms with Crippen molar-refractivity contribution in [3.63, 3.8) is 0 Å². The van der Waals surface area contributed by atoms with Crippen LogP contribution in [0.2, 0.25) is 0 Å². The van der Waals surface area contributed by atoms with E-state index in [1.54, 1.807) is 30.5 Å². The van der Waals surface area contributed by atoms with Crippen LogP contribution in [0.3, 0.4) is 0 Å². The van der Waals surface area contributed by atoms with E-state index in [1.165, 1.54) is 0 Å². The van der Waals surface area contributed by atoms with Gasteiger partial charge in [-0.3, -0.25) is 9.59 Å². The van der Waals surface area contributed by atoms with Gasteiger partial charge in [-0.15, -0.1) is 0 Å². The molecule has 1 amide bonds. The molecular weight excluding hydrogens is 402 g/mol. The van der Waals surface area contributed by atoms with E-state index >= 15 is 0 Å². The minimum absolute atomic E-state index is 0.0287. The number of ether oxygens (including phenoxy) is 1. The number of anilines is 1. The van der Waals surface area contributed by atoms with Crippen LogP contribution in [0.5, 0.6) is 11.6 Å². The first-order chi connectivity index (χ1) is 15.7. The summed E-state index contributed by atoms with van der Waals surface area (Å²) >= 11 is 0. The van der Waals surface area contributed by atoms with Gasteiger partial charge in [-0.1, -0.05) is 42.5 Å². The first-order valence-electron chi connectivity index (χ1n) is 10.2. The largest absolute Gasteiger partial charge is 0.437 e. The van der Waals surface area contributed by atoms with Gasteiger partial charge in [0.05, 0.1) is 11.0 Å². The van der Waals surface area contributed by atoms with Gasteiger partial charge < -0.3 is 14.6 Å². The predicted octanol–water partition coefficient (Wildman–Crippen LogP) is 4.98. The predicted molar refractivity (Wildman–Crippen MR) is 125 cm³/mol. The molecule has 0 saturated carbocycles. The zero-order valence-electron chi connectivity index (χ0n) is 17.1. The molecule has 6 heteroatoms. The molecule has 0 aliphatic carbocycles. The zero-order chi connectivity index (χ0) is 21.9. The number of hydrogen-bond acceptors (Lipinski definition) is 4. The van der Waals surface area contributed by atoms with Gasteiger partial charge in [0.15, 0.2) is 5.43 Å². The first-order valence-corrected chi connectivity index (χ1v) is 10.2. The molecule has 0 radical (unpaired) electrons. The highest BCUT2D eigenvalue weighted by Gasteiger charge is 2.15. The minimum atomic E-state index is -0.255. The van der Waals surface area contributed by atoms with E-state index in [2.05, 4.69) is 10.3 Å². The van der Waals surface area contributed by atoms with E-state index in [1.807, 2.05) is 71.3 Å². The van der Waals surface area contributed by atoms with Crippen molar-refractivity contribution in [2.75, 3.05) is 5.32 Å². The zero-order valence-corrected chi connectivity index (χ0v) is 17.1. The number of pyridine rings is 2. The second-order valence-corrected chi connectivity index (χ2v) is 7.27. The third-order valence-electron chi connectivity index (χ3n) is 5.18. The molecule has 5 rings (SSSR count). The number of hydrogen-bond donors (Lipinski definition) is 1. The van der Waals surface area contributed by atoms with Crippen LogP contribution >= 0.6 is 0 Å². The monoisotopic (exact) mass is 421 g/mol. The smallest absolute Gasteiger partial charge is 0.244 e. The van der Waals surface area contributed by atoms with Crippen LogP contribution in [0.1, 0.15) is 0 Å². The Kier molecular flexibility index (Phi) is 5.09. The lowest BCUT2D eigenvalue weighted by molar-refractivity contribution is -0.116. The quantitative estimate of drug-likeness (QED) is 0.406. The molecule has 2 heterocycles. The summed E-state index contributed by atoms with van der Waals surface area (Å²) in [6.45, 7) is 0.0287. The lowest BCUT2D eigenvalue weighted by Gasteiger charge is -2.16. The van der Waals surface area contributed by atoms with Gasteiger partial charge in [-0.25, -0.2) is 4.98 Å². The molecule has 0 spiro atoms. The number of rotatable bonds is 5. The SMILES string of the molecule is O=C(Cn1c2ccccc2c(=O)c2ccccc21)Nc1cccnc1Oc1ccccc1. The molecule has 6 nitrogen and oxygen atoms in total. The summed E-state index contributed by atoms with van der Waals surface area (Å²) in [4.78, 5) is 30.2. The Balaban J connectivity index is 1.49. The van der Waals surface area contributed by atoms with Crippen LogP contribution < -0.4 is 15.5 Å². The molecule has 2 aromatic heterocycles. The second kappa shape index (κ2) is 8.35. The van der Waals surface area contributed by atoms with E-state index in [-0.39, 0.29) is 17.9 Å². The van der Waals surface area contributed by atoms with Crippen molar-refractivity contribution in [1.82, 2.24) is 9.55 Å². The molecule has 0 bridgehead atoms. The van der Waals surface area contributed by atoms with E-state index in [0.717, 1.165) is 0 Å². The normalized spacial score (nSPS) is 10.9. The Morgan fingerprint density at radius 3 is 2.12 bits per heavy atom. The Bertz CT molecular complexity index is 1430. The molecule has 0 fully saturated rings. The number of para-hydroxylation sites is 3. The molecule has 0 saturated heterocycles. The Morgan fingerprint density at radius 1 is 0.812 bits per heavy atom. The number of benzene rings is 3. The van der Waals surface area contributed by atoms with Crippen LogP contribution in [0.25, 0.3) is 21.8 Å². The Morgan fingerprint density at radius 2 is 1.44 bits per heavy atom. The average molecular weight is 421 g/mol. The number of fused-ring (bicyclic) bond motifs is 2. The highest BCUT2D eigenvalue weighted by molar-refractivity contribution is 5.97. The number of amides is 1. The molecule has 0 aliphatic rings. The van der Waals surface area contributed by atoms with Crippen molar-refractivity contribution in [3.05, 3.63) is 107 Å². The fraction of sp³-hybridized carbons (Fsp3) is 0.0385. The fourth-order valence-electron chi connectivity index (χ4n) is 3.75. The van der Waals surface area contributed by atoms with Gasteiger partial charge >= 0.3 is 0 Å². The van der Waals surface area contributed by atoms with Crippen molar-refractivity contribution in [3.8, 4) is 11.6 Å². The second-order valence-electron chi connectivity index (χ2n) is 7.27. The van der Waals surface area contributed by atoms with Gasteiger partial charge in [0.25, 0.3) is 0 Å². The van der Waals surface area contributed by atoms with Gasteiger partial charge in [0.1, 0.15) is 18.0 Å². The van der Waals surface area contributed by atoms with Crippen LogP contribution in [0.15, 0.2) is 102 Å². The molecule has 0 atom stereocenters. The van der Waals surface area contributed by atoms with Crippen LogP contribution in [-0.2, 0) is 11.3 Å². The summed E-state index contributed by atoms with van der Waals surface area (Å²) in [6, 6.07) is 27.4. The van der Waals surface area contributed by atoms with Crippen LogP contribution in [0.4, 0.5) is 5.69 Å². The molecule has 3 aromatic carbocycles. The Labute approximate surface area is 183 Å². The number of nitrogens with zero attached hydrogens (tertiary/aromatic N) is 2. The number of carbonyl (C=O) groups excluding carboxylic acids is 1. The van der Waals surface area contributed by atoms with Crippen LogP contribution in [0, 0.1) is 0 Å². The molecule has 0 unspecified atom stereocenters. The number of aromatic nitrogens is 2. The average Bonchev–Trinajstić information content (AvgIpc) is 2.84. The van der Waals surface area contributed by atoms with E-state index in [9.17, 15) is 9.59 Å². The fourth-order valence-corrected chi connectivity index (χ4v) is 3.75. The van der Waals surface area contributed by atoms with Gasteiger partial charge in [-0.2, -0.15) is 0 Å². The maximum absolute atomic E-state index is 13.1. The molecule has 0 aliphatic heterocycles. The molecule has 156 valence electrons. The Hall–Kier alpha value is -4.45. The van der Waals surface area contributed by atoms with Gasteiger partial charge in [0, 0.05) is 17.0 Å². The van der Waals surface area contributed by atoms with E-state index in [0.29, 0.717) is 39.1 Å². The third-order valence-corrected chi connectivity index (χ3v) is 5.18. The van der Waals surface area contributed by atoms with Crippen molar-refractivity contribution < 1.29 is 9.53 Å². The lowest BCUT2D eigenvalue weighted by Crippen LogP contribution is -2.21. The summed E-state index contributed by atoms with van der Waals surface area (Å²) in [5.41, 5.74) is 1.84. The van der Waals surface area contributed by atoms with Crippen molar-refractivity contribution in [2.24, 2.45) is 0 Å². The number of carbonyl (C=O) groups is 1. The van der Waals surface area contributed by atoms with Gasteiger partial charge in [-0.05, 0) is 48.5 Å². The lowest BCUT2D eigenvalue weighted by atomic mass is 10.1. The summed E-state index contributed by atoms with van der Waals surface area (Å²) in [5.74, 6) is 0.677. The van der Waals surface area contributed by atoms with Crippen LogP contribution in [-0.4, -0.2) is 15.5 Å². The molecule has 5 aromatic rings. The van der Waals surface area contributed by atoms with Crippen molar-refractivity contribution in [2.45, 2.75) is 6.54 Å². The maximum atomic E-state index is 13.1. The maximum Gasteiger partial charge on any atom is 0.244 e. The summed E-state index contributed by atoms with van der Waals surface area (Å²) < 4.78 is 7.70. The summed E-state index contributed by atoms with van der Waals surface area (Å²) in [5, 5.41) is 4.05. The highest BCUT2D eigenvalue weighted by Crippen LogP contribution is 2.27. The summed E-state index contributed by atoms with van der Waals surface area (Å²) in [7, 11) is 0. The number of nitrogens with one attached hydrogen (secondary N) is 1. The van der Waals surface area contributed by atoms with Crippen molar-refractivity contribution in [1.29, 1.82) is 0 Å². The third kappa shape index (κ3) is 3.70. The van der Waals surface area contributed by atoms with Gasteiger partial charge in [0.2, 0.25) is 11.8 Å². The molecular formula is C26H19N3O3. The molecule has 1 N–H and O–H groups in total. The van der Waals surface area contributed by atoms with E-state index in [4.69, 9.17) is 4.74 Å².